The smallest absolute Gasteiger partial charge is 0.0924 e. The molecule has 2 unspecified atom stereocenters. The highest BCUT2D eigenvalue weighted by atomic mass is 79.9. The second-order valence-electron chi connectivity index (χ2n) is 8.10. The zero-order valence-electron chi connectivity index (χ0n) is 18.8. The second kappa shape index (κ2) is 11.3. The lowest BCUT2D eigenvalue weighted by molar-refractivity contribution is -0.0246. The molecule has 2 heterocycles. The number of rotatable bonds is 10. The van der Waals surface area contributed by atoms with Crippen molar-refractivity contribution in [2.45, 2.75) is 51.7 Å². The maximum atomic E-state index is 6.85. The molecule has 2 N–H and O–H groups in total. The minimum atomic E-state index is 0.000530. The Balaban J connectivity index is 1.66. The number of halogens is 2. The number of nitrogens with one attached hydrogen (secondary N) is 2. The van der Waals surface area contributed by atoms with E-state index in [0.29, 0.717) is 0 Å². The predicted octanol–water partition coefficient (Wildman–Crippen LogP) is 8.39. The van der Waals surface area contributed by atoms with E-state index in [2.05, 4.69) is 102 Å². The van der Waals surface area contributed by atoms with Gasteiger partial charge in [-0.1, -0.05) is 70.7 Å². The van der Waals surface area contributed by atoms with Crippen LogP contribution in [0.1, 0.15) is 62.9 Å². The predicted molar refractivity (Wildman–Crippen MR) is 140 cm³/mol. The van der Waals surface area contributed by atoms with Gasteiger partial charge in [0.05, 0.1) is 48.6 Å². The molecule has 5 nitrogen and oxygen atoms in total. The summed E-state index contributed by atoms with van der Waals surface area (Å²) in [6, 6.07) is 12.9. The van der Waals surface area contributed by atoms with E-state index in [-0.39, 0.29) is 12.2 Å². The first-order valence-electron chi connectivity index (χ1n) is 11.3. The zero-order valence-corrected chi connectivity index (χ0v) is 22.0. The summed E-state index contributed by atoms with van der Waals surface area (Å²) < 4.78 is 8.92. The molecule has 4 aromatic rings. The first-order valence-corrected chi connectivity index (χ1v) is 12.9. The van der Waals surface area contributed by atoms with Crippen molar-refractivity contribution in [1.29, 1.82) is 0 Å². The van der Waals surface area contributed by atoms with Gasteiger partial charge < -0.3 is 14.7 Å². The molecule has 2 aromatic heterocycles. The van der Waals surface area contributed by atoms with Gasteiger partial charge in [0.25, 0.3) is 0 Å². The molecule has 2 aromatic carbocycles. The molecule has 0 saturated heterocycles. The molecule has 4 rings (SSSR count). The van der Waals surface area contributed by atoms with Crippen LogP contribution in [0.2, 0.25) is 0 Å². The molecule has 0 aliphatic carbocycles. The normalized spacial score (nSPS) is 13.2. The lowest BCUT2D eigenvalue weighted by Gasteiger charge is -2.26. The summed E-state index contributed by atoms with van der Waals surface area (Å²) in [4.78, 5) is 14.8. The topological polar surface area (TPSA) is 66.6 Å². The largest absolute Gasteiger partial charge is 0.366 e. The summed E-state index contributed by atoms with van der Waals surface area (Å²) >= 11 is 7.37. The van der Waals surface area contributed by atoms with Gasteiger partial charge in [-0.05, 0) is 48.2 Å². The van der Waals surface area contributed by atoms with Crippen molar-refractivity contribution >= 4 is 31.9 Å². The maximum Gasteiger partial charge on any atom is 0.0924 e. The number of imidazole rings is 2. The summed E-state index contributed by atoms with van der Waals surface area (Å²) in [5.74, 6) is 0. The number of aromatic nitrogens is 4. The quantitative estimate of drug-likeness (QED) is 0.201. The Kier molecular flexibility index (Phi) is 8.17. The molecule has 0 spiro atoms. The highest BCUT2D eigenvalue weighted by molar-refractivity contribution is 9.11. The van der Waals surface area contributed by atoms with E-state index in [1.54, 1.807) is 12.7 Å². The molecule has 172 valence electrons. The van der Waals surface area contributed by atoms with Crippen LogP contribution >= 0.6 is 31.9 Å². The Morgan fingerprint density at radius 1 is 0.758 bits per heavy atom. The third-order valence-electron chi connectivity index (χ3n) is 5.73. The molecule has 0 aliphatic heterocycles. The summed E-state index contributed by atoms with van der Waals surface area (Å²) in [7, 11) is 0. The first kappa shape index (κ1) is 23.9. The fraction of sp³-hybridized carbons (Fsp3) is 0.308. The maximum absolute atomic E-state index is 6.85. The Labute approximate surface area is 211 Å². The average molecular weight is 572 g/mol. The fourth-order valence-electron chi connectivity index (χ4n) is 4.05. The number of hydrogen-bond donors (Lipinski definition) is 2. The van der Waals surface area contributed by atoms with E-state index in [1.807, 2.05) is 12.4 Å². The van der Waals surface area contributed by atoms with Crippen molar-refractivity contribution in [1.82, 2.24) is 19.9 Å². The van der Waals surface area contributed by atoms with E-state index < -0.39 is 0 Å². The van der Waals surface area contributed by atoms with Gasteiger partial charge in [-0.25, -0.2) is 9.97 Å². The average Bonchev–Trinajstić information content (AvgIpc) is 3.54. The Morgan fingerprint density at radius 2 is 1.21 bits per heavy atom. The highest BCUT2D eigenvalue weighted by Gasteiger charge is 2.21. The van der Waals surface area contributed by atoms with E-state index in [1.165, 1.54) is 11.1 Å². The van der Waals surface area contributed by atoms with Gasteiger partial charge in [-0.3, -0.25) is 0 Å². The number of hydrogen-bond acceptors (Lipinski definition) is 3. The molecule has 7 heteroatoms. The molecular weight excluding hydrogens is 544 g/mol. The lowest BCUT2D eigenvalue weighted by atomic mass is 9.98. The van der Waals surface area contributed by atoms with Gasteiger partial charge in [-0.15, -0.1) is 0 Å². The van der Waals surface area contributed by atoms with Crippen LogP contribution in [-0.4, -0.2) is 19.9 Å². The fourth-order valence-corrected chi connectivity index (χ4v) is 4.98. The van der Waals surface area contributed by atoms with Crippen LogP contribution in [0.5, 0.6) is 0 Å². The molecule has 0 amide bonds. The SMILES string of the molecule is CCCC(OC(CCC)c1ccc(Br)c(-c2cnc[nH]2)c1)c1ccc(Br)c(-c2cnc[nH]2)c1. The number of ether oxygens (including phenoxy) is 1. The minimum absolute atomic E-state index is 0.000530. The zero-order chi connectivity index (χ0) is 23.2. The summed E-state index contributed by atoms with van der Waals surface area (Å²) in [5, 5.41) is 0. The summed E-state index contributed by atoms with van der Waals surface area (Å²) in [6.07, 6.45) is 11.1. The van der Waals surface area contributed by atoms with Crippen LogP contribution in [0.4, 0.5) is 0 Å². The van der Waals surface area contributed by atoms with Crippen molar-refractivity contribution in [2.24, 2.45) is 0 Å². The van der Waals surface area contributed by atoms with Crippen LogP contribution in [0.3, 0.4) is 0 Å². The second-order valence-corrected chi connectivity index (χ2v) is 9.81. The Hall–Kier alpha value is -2.22. The van der Waals surface area contributed by atoms with Crippen molar-refractivity contribution < 1.29 is 4.74 Å². The standard InChI is InChI=1S/C26H28Br2N4O/c1-3-5-25(17-7-9-21(27)19(11-17)23-13-29-15-31-23)33-26(6-4-2)18-8-10-22(28)20(12-18)24-14-30-16-32-24/h7-16,25-26H,3-6H2,1-2H3,(H,29,31)(H,30,32). The molecule has 33 heavy (non-hydrogen) atoms. The molecule has 0 saturated carbocycles. The van der Waals surface area contributed by atoms with Gasteiger partial charge in [0.15, 0.2) is 0 Å². The van der Waals surface area contributed by atoms with Crippen LogP contribution in [-0.2, 0) is 4.74 Å². The van der Waals surface area contributed by atoms with E-state index in [9.17, 15) is 0 Å². The van der Waals surface area contributed by atoms with Crippen molar-refractivity contribution in [2.75, 3.05) is 0 Å². The monoisotopic (exact) mass is 570 g/mol. The van der Waals surface area contributed by atoms with Gasteiger partial charge in [0, 0.05) is 20.1 Å². The van der Waals surface area contributed by atoms with Crippen LogP contribution in [0, 0.1) is 0 Å². The van der Waals surface area contributed by atoms with Crippen molar-refractivity contribution in [3.8, 4) is 22.5 Å². The van der Waals surface area contributed by atoms with Crippen molar-refractivity contribution in [3.05, 3.63) is 81.5 Å². The van der Waals surface area contributed by atoms with Gasteiger partial charge in [-0.2, -0.15) is 0 Å². The summed E-state index contributed by atoms with van der Waals surface area (Å²) in [5.41, 5.74) is 6.51. The molecule has 0 aliphatic rings. The minimum Gasteiger partial charge on any atom is -0.366 e. The van der Waals surface area contributed by atoms with Gasteiger partial charge in [0.1, 0.15) is 0 Å². The van der Waals surface area contributed by atoms with E-state index >= 15 is 0 Å². The third-order valence-corrected chi connectivity index (χ3v) is 7.11. The van der Waals surface area contributed by atoms with E-state index in [0.717, 1.165) is 57.1 Å². The highest BCUT2D eigenvalue weighted by Crippen LogP contribution is 2.38. The first-order chi connectivity index (χ1) is 16.1. The molecule has 0 radical (unpaired) electrons. The molecule has 0 bridgehead atoms. The molecule has 2 atom stereocenters. The molecule has 0 fully saturated rings. The third kappa shape index (κ3) is 5.65. The van der Waals surface area contributed by atoms with Gasteiger partial charge in [0.2, 0.25) is 0 Å². The molecular formula is C26H28Br2N4O. The van der Waals surface area contributed by atoms with Crippen molar-refractivity contribution in [3.63, 3.8) is 0 Å². The number of aromatic amines is 2. The Bertz CT molecular complexity index is 1070. The summed E-state index contributed by atoms with van der Waals surface area (Å²) in [6.45, 7) is 4.41. The van der Waals surface area contributed by atoms with E-state index in [4.69, 9.17) is 4.74 Å². The number of nitrogens with zero attached hydrogens (tertiary/aromatic N) is 2. The van der Waals surface area contributed by atoms with Gasteiger partial charge >= 0.3 is 0 Å². The lowest BCUT2D eigenvalue weighted by Crippen LogP contribution is -2.11. The van der Waals surface area contributed by atoms with Crippen LogP contribution in [0.25, 0.3) is 22.5 Å². The van der Waals surface area contributed by atoms with Crippen LogP contribution < -0.4 is 0 Å². The van der Waals surface area contributed by atoms with Crippen LogP contribution in [0.15, 0.2) is 70.4 Å². The number of benzene rings is 2. The number of H-pyrrole nitrogens is 2. The Morgan fingerprint density at radius 3 is 1.58 bits per heavy atom.